The lowest BCUT2D eigenvalue weighted by molar-refractivity contribution is 0.0957. The molecule has 0 aliphatic carbocycles. The number of hydrogen-bond donors (Lipinski definition) is 2. The predicted molar refractivity (Wildman–Crippen MR) is 102 cm³/mol. The van der Waals surface area contributed by atoms with Gasteiger partial charge < -0.3 is 14.0 Å². The number of aromatic nitrogens is 4. The molecule has 1 amide bonds. The second-order valence-corrected chi connectivity index (χ2v) is 6.70. The fourth-order valence-electron chi connectivity index (χ4n) is 2.61. The molecule has 0 radical (unpaired) electrons. The lowest BCUT2D eigenvalue weighted by Gasteiger charge is -2.01. The molecule has 29 heavy (non-hydrogen) atoms. The molecule has 0 atom stereocenters. The van der Waals surface area contributed by atoms with E-state index < -0.39 is 5.91 Å². The summed E-state index contributed by atoms with van der Waals surface area (Å²) in [5.41, 5.74) is 6.92. The van der Waals surface area contributed by atoms with Crippen LogP contribution in [0.1, 0.15) is 10.5 Å². The Kier molecular flexibility index (Phi) is 4.26. The summed E-state index contributed by atoms with van der Waals surface area (Å²) in [6.07, 6.45) is 3.25. The van der Waals surface area contributed by atoms with Crippen molar-refractivity contribution >= 4 is 23.3 Å². The number of benzene rings is 1. The standard InChI is InChI=1S/C18H12N6O4S/c25-16(22-23-18-21-15(24-28-18)10-3-5-19-6-4-10)12-8-29-17(20-12)11-1-2-13-14(7-11)27-9-26-13/h1-8H,9H2,(H,22,25)(H,21,23,24). The van der Waals surface area contributed by atoms with E-state index in [0.717, 1.165) is 11.1 Å². The quantitative estimate of drug-likeness (QED) is 0.480. The fraction of sp³-hybridized carbons (Fsp3) is 0.0556. The number of fused-ring (bicyclic) bond motifs is 1. The van der Waals surface area contributed by atoms with Crippen molar-refractivity contribution in [3.8, 4) is 33.5 Å². The molecule has 144 valence electrons. The molecular weight excluding hydrogens is 396 g/mol. The third-order valence-electron chi connectivity index (χ3n) is 4.00. The van der Waals surface area contributed by atoms with Crippen LogP contribution in [0.5, 0.6) is 11.5 Å². The van der Waals surface area contributed by atoms with E-state index >= 15 is 0 Å². The molecule has 10 nitrogen and oxygen atoms in total. The van der Waals surface area contributed by atoms with Gasteiger partial charge in [0.05, 0.1) is 0 Å². The Morgan fingerprint density at radius 1 is 1.03 bits per heavy atom. The van der Waals surface area contributed by atoms with Crippen LogP contribution < -0.4 is 20.3 Å². The van der Waals surface area contributed by atoms with Crippen molar-refractivity contribution < 1.29 is 18.8 Å². The highest BCUT2D eigenvalue weighted by atomic mass is 32.1. The first-order valence-electron chi connectivity index (χ1n) is 8.42. The van der Waals surface area contributed by atoms with Gasteiger partial charge in [-0.1, -0.05) is 5.16 Å². The van der Waals surface area contributed by atoms with Gasteiger partial charge in [-0.25, -0.2) is 10.4 Å². The molecule has 1 aliphatic heterocycles. The van der Waals surface area contributed by atoms with Gasteiger partial charge in [0.25, 0.3) is 5.91 Å². The first-order chi connectivity index (χ1) is 14.3. The fourth-order valence-corrected chi connectivity index (χ4v) is 3.40. The average Bonchev–Trinajstić information content (AvgIpc) is 3.52. The average molecular weight is 408 g/mol. The smallest absolute Gasteiger partial charge is 0.340 e. The van der Waals surface area contributed by atoms with Gasteiger partial charge in [-0.15, -0.1) is 11.3 Å². The highest BCUT2D eigenvalue weighted by molar-refractivity contribution is 7.13. The Morgan fingerprint density at radius 3 is 2.79 bits per heavy atom. The molecule has 0 unspecified atom stereocenters. The van der Waals surface area contributed by atoms with Crippen LogP contribution in [-0.2, 0) is 0 Å². The van der Waals surface area contributed by atoms with Crippen LogP contribution in [-0.4, -0.2) is 32.8 Å². The minimum Gasteiger partial charge on any atom is -0.454 e. The number of anilines is 1. The van der Waals surface area contributed by atoms with Crippen LogP contribution in [0.3, 0.4) is 0 Å². The van der Waals surface area contributed by atoms with Gasteiger partial charge in [-0.2, -0.15) is 4.98 Å². The zero-order valence-electron chi connectivity index (χ0n) is 14.7. The topological polar surface area (TPSA) is 124 Å². The number of carbonyl (C=O) groups is 1. The summed E-state index contributed by atoms with van der Waals surface area (Å²) in [5, 5.41) is 6.19. The van der Waals surface area contributed by atoms with Crippen molar-refractivity contribution in [3.05, 3.63) is 53.8 Å². The van der Waals surface area contributed by atoms with Crippen molar-refractivity contribution in [1.82, 2.24) is 25.5 Å². The number of nitrogens with zero attached hydrogens (tertiary/aromatic N) is 4. The third kappa shape index (κ3) is 3.46. The maximum atomic E-state index is 12.4. The van der Waals surface area contributed by atoms with E-state index in [1.807, 2.05) is 18.2 Å². The van der Waals surface area contributed by atoms with Gasteiger partial charge >= 0.3 is 6.01 Å². The van der Waals surface area contributed by atoms with Crippen LogP contribution in [0.25, 0.3) is 22.0 Å². The molecule has 0 bridgehead atoms. The van der Waals surface area contributed by atoms with Crippen LogP contribution in [0.2, 0.25) is 0 Å². The first-order valence-corrected chi connectivity index (χ1v) is 9.30. The Bertz CT molecular complexity index is 1180. The van der Waals surface area contributed by atoms with E-state index in [4.69, 9.17) is 14.0 Å². The number of rotatable bonds is 5. The summed E-state index contributed by atoms with van der Waals surface area (Å²) >= 11 is 1.35. The minimum absolute atomic E-state index is 0.0522. The number of thiazole rings is 1. The maximum absolute atomic E-state index is 12.4. The van der Waals surface area contributed by atoms with E-state index in [0.29, 0.717) is 22.3 Å². The SMILES string of the molecule is O=C(NNc1nc(-c2ccncc2)no1)c1csc(-c2ccc3c(c2)OCO3)n1. The Labute approximate surface area is 167 Å². The monoisotopic (exact) mass is 408 g/mol. The molecule has 0 saturated heterocycles. The van der Waals surface area contributed by atoms with Crippen LogP contribution in [0.4, 0.5) is 6.01 Å². The summed E-state index contributed by atoms with van der Waals surface area (Å²) in [7, 11) is 0. The van der Waals surface area contributed by atoms with E-state index in [9.17, 15) is 4.79 Å². The van der Waals surface area contributed by atoms with Crippen LogP contribution in [0, 0.1) is 0 Å². The second-order valence-electron chi connectivity index (χ2n) is 5.84. The maximum Gasteiger partial charge on any atom is 0.340 e. The molecule has 1 aliphatic rings. The molecule has 1 aromatic carbocycles. The van der Waals surface area contributed by atoms with Gasteiger partial charge in [-0.3, -0.25) is 15.2 Å². The van der Waals surface area contributed by atoms with Crippen molar-refractivity contribution in [1.29, 1.82) is 0 Å². The molecule has 4 aromatic rings. The molecule has 5 rings (SSSR count). The number of pyridine rings is 1. The number of amides is 1. The number of hydrogen-bond acceptors (Lipinski definition) is 10. The molecule has 4 heterocycles. The zero-order chi connectivity index (χ0) is 19.6. The largest absolute Gasteiger partial charge is 0.454 e. The normalized spacial score (nSPS) is 12.0. The lowest BCUT2D eigenvalue weighted by Crippen LogP contribution is -2.29. The number of carbonyl (C=O) groups excluding carboxylic acids is 1. The van der Waals surface area contributed by atoms with E-state index in [-0.39, 0.29) is 18.5 Å². The highest BCUT2D eigenvalue weighted by Crippen LogP contribution is 2.36. The molecule has 2 N–H and O–H groups in total. The van der Waals surface area contributed by atoms with Crippen molar-refractivity contribution in [2.75, 3.05) is 12.2 Å². The van der Waals surface area contributed by atoms with Gasteiger partial charge in [0.1, 0.15) is 10.7 Å². The summed E-state index contributed by atoms with van der Waals surface area (Å²) in [6, 6.07) is 9.07. The molecule has 0 fully saturated rings. The summed E-state index contributed by atoms with van der Waals surface area (Å²) in [5.74, 6) is 1.30. The summed E-state index contributed by atoms with van der Waals surface area (Å²) in [6.45, 7) is 0.203. The molecule has 0 spiro atoms. The van der Waals surface area contributed by atoms with E-state index in [1.165, 1.54) is 11.3 Å². The minimum atomic E-state index is -0.433. The van der Waals surface area contributed by atoms with E-state index in [2.05, 4.69) is 31.0 Å². The Hall–Kier alpha value is -3.99. The van der Waals surface area contributed by atoms with Crippen molar-refractivity contribution in [2.24, 2.45) is 0 Å². The summed E-state index contributed by atoms with van der Waals surface area (Å²) < 4.78 is 15.7. The zero-order valence-corrected chi connectivity index (χ0v) is 15.5. The molecule has 0 saturated carbocycles. The third-order valence-corrected chi connectivity index (χ3v) is 4.90. The van der Waals surface area contributed by atoms with Crippen LogP contribution >= 0.6 is 11.3 Å². The second kappa shape index (κ2) is 7.20. The van der Waals surface area contributed by atoms with Crippen molar-refractivity contribution in [3.63, 3.8) is 0 Å². The van der Waals surface area contributed by atoms with Gasteiger partial charge in [0, 0.05) is 28.9 Å². The first kappa shape index (κ1) is 17.1. The van der Waals surface area contributed by atoms with Gasteiger partial charge in [0.2, 0.25) is 12.6 Å². The van der Waals surface area contributed by atoms with E-state index in [1.54, 1.807) is 29.9 Å². The number of nitrogens with one attached hydrogen (secondary N) is 2. The Balaban J connectivity index is 1.25. The Morgan fingerprint density at radius 2 is 1.90 bits per heavy atom. The van der Waals surface area contributed by atoms with Gasteiger partial charge in [-0.05, 0) is 30.3 Å². The van der Waals surface area contributed by atoms with Crippen LogP contribution in [0.15, 0.2) is 52.6 Å². The lowest BCUT2D eigenvalue weighted by atomic mass is 10.2. The van der Waals surface area contributed by atoms with Crippen molar-refractivity contribution in [2.45, 2.75) is 0 Å². The number of ether oxygens (including phenoxy) is 2. The molecular formula is C18H12N6O4S. The predicted octanol–water partition coefficient (Wildman–Crippen LogP) is 2.74. The highest BCUT2D eigenvalue weighted by Gasteiger charge is 2.17. The molecule has 3 aromatic heterocycles. The number of hydrazine groups is 1. The molecule has 11 heteroatoms. The van der Waals surface area contributed by atoms with Gasteiger partial charge in [0.15, 0.2) is 11.5 Å². The summed E-state index contributed by atoms with van der Waals surface area (Å²) in [4.78, 5) is 24.8.